The van der Waals surface area contributed by atoms with Gasteiger partial charge in [0, 0.05) is 30.0 Å². The predicted molar refractivity (Wildman–Crippen MR) is 79.5 cm³/mol. The number of nitrogens with one attached hydrogen (secondary N) is 2. The molecule has 0 bridgehead atoms. The average molecular weight is 278 g/mol. The van der Waals surface area contributed by atoms with Gasteiger partial charge in [0.2, 0.25) is 5.91 Å². The Labute approximate surface area is 121 Å². The Balaban J connectivity index is 1.84. The van der Waals surface area contributed by atoms with Gasteiger partial charge >= 0.3 is 0 Å². The molecule has 1 amide bonds. The molecule has 1 fully saturated rings. The molecule has 0 unspecified atom stereocenters. The molecule has 0 aliphatic carbocycles. The number of hydrogen-bond acceptors (Lipinski definition) is 3. The summed E-state index contributed by atoms with van der Waals surface area (Å²) in [6.45, 7) is 8.76. The smallest absolute Gasteiger partial charge is 0.220 e. The fourth-order valence-electron chi connectivity index (χ4n) is 3.42. The SMILES string of the molecule is CC1(C)CC(NC(=O)CCc2ccco2)CC(C)(C)N1. The number of furan rings is 1. The van der Waals surface area contributed by atoms with Gasteiger partial charge < -0.3 is 15.1 Å². The normalized spacial score (nSPS) is 21.6. The molecule has 4 heteroatoms. The topological polar surface area (TPSA) is 54.3 Å². The molecule has 2 heterocycles. The van der Waals surface area contributed by atoms with E-state index in [1.165, 1.54) is 0 Å². The quantitative estimate of drug-likeness (QED) is 0.890. The van der Waals surface area contributed by atoms with Crippen LogP contribution >= 0.6 is 0 Å². The second-order valence-electron chi connectivity index (χ2n) is 7.14. The maximum absolute atomic E-state index is 12.1. The van der Waals surface area contributed by atoms with Crippen molar-refractivity contribution in [3.05, 3.63) is 24.2 Å². The Morgan fingerprint density at radius 1 is 1.35 bits per heavy atom. The van der Waals surface area contributed by atoms with E-state index in [1.54, 1.807) is 6.26 Å². The van der Waals surface area contributed by atoms with Gasteiger partial charge in [0.05, 0.1) is 6.26 Å². The molecule has 2 N–H and O–H groups in total. The number of amides is 1. The highest BCUT2D eigenvalue weighted by Crippen LogP contribution is 2.28. The van der Waals surface area contributed by atoms with Crippen molar-refractivity contribution in [2.24, 2.45) is 0 Å². The zero-order valence-corrected chi connectivity index (χ0v) is 13.0. The van der Waals surface area contributed by atoms with Crippen LogP contribution in [-0.2, 0) is 11.2 Å². The van der Waals surface area contributed by atoms with Crippen LogP contribution in [0.1, 0.15) is 52.7 Å². The summed E-state index contributed by atoms with van der Waals surface area (Å²) < 4.78 is 5.25. The van der Waals surface area contributed by atoms with Crippen molar-refractivity contribution in [3.8, 4) is 0 Å². The fourth-order valence-corrected chi connectivity index (χ4v) is 3.42. The summed E-state index contributed by atoms with van der Waals surface area (Å²) >= 11 is 0. The molecule has 0 aromatic carbocycles. The van der Waals surface area contributed by atoms with Crippen molar-refractivity contribution in [3.63, 3.8) is 0 Å². The van der Waals surface area contributed by atoms with E-state index in [2.05, 4.69) is 38.3 Å². The van der Waals surface area contributed by atoms with Gasteiger partial charge in [0.1, 0.15) is 5.76 Å². The number of carbonyl (C=O) groups is 1. The number of piperidine rings is 1. The van der Waals surface area contributed by atoms with E-state index in [0.29, 0.717) is 12.8 Å². The molecule has 1 saturated heterocycles. The first kappa shape index (κ1) is 15.1. The molecule has 0 radical (unpaired) electrons. The molecule has 2 rings (SSSR count). The summed E-state index contributed by atoms with van der Waals surface area (Å²) in [6, 6.07) is 4.00. The van der Waals surface area contributed by atoms with Crippen molar-refractivity contribution in [2.75, 3.05) is 0 Å². The van der Waals surface area contributed by atoms with Crippen molar-refractivity contribution in [2.45, 2.75) is 70.5 Å². The van der Waals surface area contributed by atoms with E-state index in [4.69, 9.17) is 4.42 Å². The summed E-state index contributed by atoms with van der Waals surface area (Å²) in [6.07, 6.45) is 4.71. The first-order valence-corrected chi connectivity index (χ1v) is 7.37. The maximum Gasteiger partial charge on any atom is 0.220 e. The summed E-state index contributed by atoms with van der Waals surface area (Å²) in [5.74, 6) is 0.978. The van der Waals surface area contributed by atoms with Gasteiger partial charge in [-0.3, -0.25) is 4.79 Å². The highest BCUT2D eigenvalue weighted by atomic mass is 16.3. The van der Waals surface area contributed by atoms with Crippen molar-refractivity contribution < 1.29 is 9.21 Å². The van der Waals surface area contributed by atoms with Crippen LogP contribution in [0.25, 0.3) is 0 Å². The van der Waals surface area contributed by atoms with Crippen LogP contribution in [-0.4, -0.2) is 23.0 Å². The summed E-state index contributed by atoms with van der Waals surface area (Å²) in [5.41, 5.74) is 0.113. The van der Waals surface area contributed by atoms with Crippen LogP contribution in [0, 0.1) is 0 Å². The van der Waals surface area contributed by atoms with Gasteiger partial charge in [-0.05, 0) is 52.7 Å². The summed E-state index contributed by atoms with van der Waals surface area (Å²) in [4.78, 5) is 12.1. The van der Waals surface area contributed by atoms with Crippen LogP contribution < -0.4 is 10.6 Å². The molecule has 1 aliphatic heterocycles. The van der Waals surface area contributed by atoms with Crippen molar-refractivity contribution >= 4 is 5.91 Å². The Bertz CT molecular complexity index is 433. The van der Waals surface area contributed by atoms with Gasteiger partial charge in [-0.25, -0.2) is 0 Å². The monoisotopic (exact) mass is 278 g/mol. The third kappa shape index (κ3) is 4.37. The van der Waals surface area contributed by atoms with Gasteiger partial charge in [0.25, 0.3) is 0 Å². The Morgan fingerprint density at radius 3 is 2.55 bits per heavy atom. The van der Waals surface area contributed by atoms with Crippen molar-refractivity contribution in [1.82, 2.24) is 10.6 Å². The van der Waals surface area contributed by atoms with E-state index in [9.17, 15) is 4.79 Å². The molecular formula is C16H26N2O2. The molecule has 1 aromatic rings. The molecule has 0 atom stereocenters. The fraction of sp³-hybridized carbons (Fsp3) is 0.688. The Kier molecular flexibility index (Phi) is 4.23. The molecule has 1 aromatic heterocycles. The zero-order valence-electron chi connectivity index (χ0n) is 13.0. The van der Waals surface area contributed by atoms with Crippen LogP contribution in [0.15, 0.2) is 22.8 Å². The third-order valence-electron chi connectivity index (χ3n) is 3.73. The van der Waals surface area contributed by atoms with Crippen LogP contribution in [0.3, 0.4) is 0 Å². The third-order valence-corrected chi connectivity index (χ3v) is 3.73. The van der Waals surface area contributed by atoms with Crippen molar-refractivity contribution in [1.29, 1.82) is 0 Å². The van der Waals surface area contributed by atoms with E-state index in [1.807, 2.05) is 12.1 Å². The van der Waals surface area contributed by atoms with Gasteiger partial charge in [-0.15, -0.1) is 0 Å². The van der Waals surface area contributed by atoms with E-state index in [0.717, 1.165) is 18.6 Å². The van der Waals surface area contributed by atoms with E-state index >= 15 is 0 Å². The number of carbonyl (C=O) groups excluding carboxylic acids is 1. The lowest BCUT2D eigenvalue weighted by Gasteiger charge is -2.46. The zero-order chi connectivity index (χ0) is 14.8. The lowest BCUT2D eigenvalue weighted by molar-refractivity contribution is -0.122. The summed E-state index contributed by atoms with van der Waals surface area (Å²) in [7, 11) is 0. The second kappa shape index (κ2) is 5.60. The minimum absolute atomic E-state index is 0.0563. The predicted octanol–water partition coefficient (Wildman–Crippen LogP) is 2.64. The van der Waals surface area contributed by atoms with Crippen LogP contribution in [0.4, 0.5) is 0 Å². The molecule has 1 aliphatic rings. The first-order valence-electron chi connectivity index (χ1n) is 7.37. The largest absolute Gasteiger partial charge is 0.469 e. The molecule has 4 nitrogen and oxygen atoms in total. The van der Waals surface area contributed by atoms with Gasteiger partial charge in [0.15, 0.2) is 0 Å². The first-order chi connectivity index (χ1) is 9.26. The van der Waals surface area contributed by atoms with E-state index in [-0.39, 0.29) is 23.0 Å². The second-order valence-corrected chi connectivity index (χ2v) is 7.14. The molecule has 0 spiro atoms. The number of rotatable bonds is 4. The minimum atomic E-state index is 0.0563. The highest BCUT2D eigenvalue weighted by molar-refractivity contribution is 5.76. The summed E-state index contributed by atoms with van der Waals surface area (Å²) in [5, 5.41) is 6.80. The lowest BCUT2D eigenvalue weighted by atomic mass is 9.79. The highest BCUT2D eigenvalue weighted by Gasteiger charge is 2.37. The average Bonchev–Trinajstić information content (AvgIpc) is 2.74. The molecule has 112 valence electrons. The molecule has 0 saturated carbocycles. The standard InChI is InChI=1S/C16H26N2O2/c1-15(2)10-12(11-16(3,4)18-15)17-14(19)8-7-13-6-5-9-20-13/h5-6,9,12,18H,7-8,10-11H2,1-4H3,(H,17,19). The van der Waals surface area contributed by atoms with Crippen LogP contribution in [0.5, 0.6) is 0 Å². The minimum Gasteiger partial charge on any atom is -0.469 e. The Hall–Kier alpha value is -1.29. The molecular weight excluding hydrogens is 252 g/mol. The Morgan fingerprint density at radius 2 is 2.00 bits per heavy atom. The van der Waals surface area contributed by atoms with Gasteiger partial charge in [-0.1, -0.05) is 0 Å². The lowest BCUT2D eigenvalue weighted by Crippen LogP contribution is -2.62. The van der Waals surface area contributed by atoms with E-state index < -0.39 is 0 Å². The number of aryl methyl sites for hydroxylation is 1. The molecule has 20 heavy (non-hydrogen) atoms. The van der Waals surface area contributed by atoms with Gasteiger partial charge in [-0.2, -0.15) is 0 Å². The maximum atomic E-state index is 12.1. The number of hydrogen-bond donors (Lipinski definition) is 2. The van der Waals surface area contributed by atoms with Crippen LogP contribution in [0.2, 0.25) is 0 Å².